The van der Waals surface area contributed by atoms with Crippen molar-refractivity contribution in [2.24, 2.45) is 0 Å². The van der Waals surface area contributed by atoms with Crippen LogP contribution < -0.4 is 0 Å². The number of nitrogens with zero attached hydrogens (tertiary/aromatic N) is 2. The Balaban J connectivity index is 3.26. The van der Waals surface area contributed by atoms with Gasteiger partial charge in [-0.25, -0.2) is 4.39 Å². The third-order valence-electron chi connectivity index (χ3n) is 2.51. The summed E-state index contributed by atoms with van der Waals surface area (Å²) >= 11 is 0. The number of amides is 1. The standard InChI is InChI=1S/C11H12F2N2O5/c12-7-1-2-8(15(19)20)10(13)9(7)11(18)14(3-5-16)4-6-17/h1-2,16-17H,3-6H2. The van der Waals surface area contributed by atoms with E-state index in [-0.39, 0.29) is 13.1 Å². The summed E-state index contributed by atoms with van der Waals surface area (Å²) < 4.78 is 27.4. The molecule has 1 rings (SSSR count). The van der Waals surface area contributed by atoms with E-state index in [4.69, 9.17) is 10.2 Å². The van der Waals surface area contributed by atoms with Crippen LogP contribution in [0.2, 0.25) is 0 Å². The van der Waals surface area contributed by atoms with Gasteiger partial charge in [0.15, 0.2) is 0 Å². The van der Waals surface area contributed by atoms with E-state index in [2.05, 4.69) is 0 Å². The molecule has 2 N–H and O–H groups in total. The van der Waals surface area contributed by atoms with Crippen LogP contribution in [0.3, 0.4) is 0 Å². The number of benzene rings is 1. The fraction of sp³-hybridized carbons (Fsp3) is 0.364. The highest BCUT2D eigenvalue weighted by atomic mass is 19.1. The molecule has 0 atom stereocenters. The Hall–Kier alpha value is -2.13. The summed E-state index contributed by atoms with van der Waals surface area (Å²) in [6, 6.07) is 1.23. The lowest BCUT2D eigenvalue weighted by molar-refractivity contribution is -0.387. The van der Waals surface area contributed by atoms with Gasteiger partial charge in [0, 0.05) is 19.2 Å². The van der Waals surface area contributed by atoms with Gasteiger partial charge in [-0.15, -0.1) is 0 Å². The molecule has 0 aliphatic heterocycles. The lowest BCUT2D eigenvalue weighted by atomic mass is 10.1. The number of hydrogen-bond acceptors (Lipinski definition) is 5. The molecule has 7 nitrogen and oxygen atoms in total. The third-order valence-corrected chi connectivity index (χ3v) is 2.51. The van der Waals surface area contributed by atoms with E-state index in [1.54, 1.807) is 0 Å². The summed E-state index contributed by atoms with van der Waals surface area (Å²) in [4.78, 5) is 22.2. The number of rotatable bonds is 6. The number of nitro groups is 1. The molecular formula is C11H12F2N2O5. The Bertz CT molecular complexity index is 518. The zero-order valence-electron chi connectivity index (χ0n) is 10.3. The molecule has 20 heavy (non-hydrogen) atoms. The predicted molar refractivity (Wildman–Crippen MR) is 63.1 cm³/mol. The van der Waals surface area contributed by atoms with Crippen molar-refractivity contribution in [1.29, 1.82) is 0 Å². The van der Waals surface area contributed by atoms with Crippen LogP contribution in [0.5, 0.6) is 0 Å². The number of halogens is 2. The van der Waals surface area contributed by atoms with Gasteiger partial charge in [0.1, 0.15) is 11.4 Å². The summed E-state index contributed by atoms with van der Waals surface area (Å²) in [6.45, 7) is -1.49. The monoisotopic (exact) mass is 290 g/mol. The first-order chi connectivity index (χ1) is 9.43. The second kappa shape index (κ2) is 6.87. The van der Waals surface area contributed by atoms with Crippen molar-refractivity contribution in [2.45, 2.75) is 0 Å². The normalized spacial score (nSPS) is 10.4. The van der Waals surface area contributed by atoms with Crippen LogP contribution >= 0.6 is 0 Å². The molecule has 0 radical (unpaired) electrons. The quantitative estimate of drug-likeness (QED) is 0.579. The zero-order valence-corrected chi connectivity index (χ0v) is 10.3. The minimum Gasteiger partial charge on any atom is -0.395 e. The molecule has 9 heteroatoms. The van der Waals surface area contributed by atoms with Crippen LogP contribution in [-0.4, -0.2) is 52.2 Å². The van der Waals surface area contributed by atoms with Gasteiger partial charge in [0.05, 0.1) is 18.1 Å². The largest absolute Gasteiger partial charge is 0.395 e. The molecule has 0 bridgehead atoms. The van der Waals surface area contributed by atoms with Crippen LogP contribution in [-0.2, 0) is 0 Å². The summed E-state index contributed by atoms with van der Waals surface area (Å²) in [7, 11) is 0. The van der Waals surface area contributed by atoms with Gasteiger partial charge in [-0.3, -0.25) is 14.9 Å². The molecule has 110 valence electrons. The lowest BCUT2D eigenvalue weighted by Crippen LogP contribution is -2.37. The molecule has 0 heterocycles. The first-order valence-corrected chi connectivity index (χ1v) is 5.57. The van der Waals surface area contributed by atoms with Crippen LogP contribution in [0, 0.1) is 21.7 Å². The van der Waals surface area contributed by atoms with Crippen molar-refractivity contribution in [2.75, 3.05) is 26.3 Å². The molecule has 1 aromatic rings. The first kappa shape index (κ1) is 15.9. The molecular weight excluding hydrogens is 278 g/mol. The van der Waals surface area contributed by atoms with E-state index < -0.39 is 46.9 Å². The molecule has 0 fully saturated rings. The number of aliphatic hydroxyl groups is 2. The Morgan fingerprint density at radius 2 is 1.80 bits per heavy atom. The Morgan fingerprint density at radius 1 is 1.25 bits per heavy atom. The number of hydrogen-bond donors (Lipinski definition) is 2. The molecule has 1 aromatic carbocycles. The molecule has 0 aromatic heterocycles. The highest BCUT2D eigenvalue weighted by molar-refractivity contribution is 5.95. The summed E-state index contributed by atoms with van der Waals surface area (Å²) in [6.07, 6.45) is 0. The van der Waals surface area contributed by atoms with Crippen LogP contribution in [0.1, 0.15) is 10.4 Å². The molecule has 0 spiro atoms. The predicted octanol–water partition coefficient (Wildman–Crippen LogP) is 0.300. The van der Waals surface area contributed by atoms with Crippen molar-refractivity contribution in [3.05, 3.63) is 39.4 Å². The van der Waals surface area contributed by atoms with E-state index >= 15 is 0 Å². The minimum absolute atomic E-state index is 0.263. The van der Waals surface area contributed by atoms with Gasteiger partial charge < -0.3 is 15.1 Å². The summed E-state index contributed by atoms with van der Waals surface area (Å²) in [5.74, 6) is -4.01. The number of carbonyl (C=O) groups is 1. The lowest BCUT2D eigenvalue weighted by Gasteiger charge is -2.21. The molecule has 1 amide bonds. The summed E-state index contributed by atoms with van der Waals surface area (Å²) in [5, 5.41) is 28.1. The molecule has 0 saturated heterocycles. The summed E-state index contributed by atoms with van der Waals surface area (Å²) in [5.41, 5.74) is -2.11. The SMILES string of the molecule is O=C(c1c(F)ccc([N+](=O)[O-])c1F)N(CCO)CCO. The highest BCUT2D eigenvalue weighted by Gasteiger charge is 2.28. The van der Waals surface area contributed by atoms with Gasteiger partial charge >= 0.3 is 5.69 Å². The van der Waals surface area contributed by atoms with E-state index in [1.165, 1.54) is 0 Å². The van der Waals surface area contributed by atoms with Gasteiger partial charge in [-0.2, -0.15) is 4.39 Å². The average Bonchev–Trinajstić information content (AvgIpc) is 2.37. The fourth-order valence-corrected chi connectivity index (χ4v) is 1.59. The van der Waals surface area contributed by atoms with Crippen LogP contribution in [0.4, 0.5) is 14.5 Å². The zero-order chi connectivity index (χ0) is 15.3. The Labute approximate surface area is 112 Å². The second-order valence-electron chi connectivity index (χ2n) is 3.75. The molecule has 0 saturated carbocycles. The first-order valence-electron chi connectivity index (χ1n) is 5.57. The molecule has 0 aliphatic carbocycles. The van der Waals surface area contributed by atoms with E-state index in [9.17, 15) is 23.7 Å². The van der Waals surface area contributed by atoms with Gasteiger partial charge in [-0.1, -0.05) is 0 Å². The van der Waals surface area contributed by atoms with E-state index in [1.807, 2.05) is 0 Å². The fourth-order valence-electron chi connectivity index (χ4n) is 1.59. The van der Waals surface area contributed by atoms with Crippen LogP contribution in [0.25, 0.3) is 0 Å². The number of carbonyl (C=O) groups excluding carboxylic acids is 1. The van der Waals surface area contributed by atoms with Crippen molar-refractivity contribution in [1.82, 2.24) is 4.90 Å². The number of aliphatic hydroxyl groups excluding tert-OH is 2. The van der Waals surface area contributed by atoms with Crippen molar-refractivity contribution >= 4 is 11.6 Å². The maximum atomic E-state index is 13.8. The second-order valence-corrected chi connectivity index (χ2v) is 3.75. The van der Waals surface area contributed by atoms with Gasteiger partial charge in [-0.05, 0) is 6.07 Å². The Morgan fingerprint density at radius 3 is 2.25 bits per heavy atom. The topological polar surface area (TPSA) is 104 Å². The van der Waals surface area contributed by atoms with Gasteiger partial charge in [0.2, 0.25) is 5.82 Å². The van der Waals surface area contributed by atoms with Crippen molar-refractivity contribution in [3.63, 3.8) is 0 Å². The van der Waals surface area contributed by atoms with Gasteiger partial charge in [0.25, 0.3) is 5.91 Å². The minimum atomic E-state index is -1.58. The molecule has 0 unspecified atom stereocenters. The molecule has 0 aliphatic rings. The van der Waals surface area contributed by atoms with Crippen LogP contribution in [0.15, 0.2) is 12.1 Å². The Kier molecular flexibility index (Phi) is 5.47. The van der Waals surface area contributed by atoms with Crippen molar-refractivity contribution in [3.8, 4) is 0 Å². The van der Waals surface area contributed by atoms with E-state index in [0.29, 0.717) is 12.1 Å². The third kappa shape index (κ3) is 3.25. The van der Waals surface area contributed by atoms with E-state index in [0.717, 1.165) is 4.90 Å². The highest BCUT2D eigenvalue weighted by Crippen LogP contribution is 2.24. The van der Waals surface area contributed by atoms with Crippen molar-refractivity contribution < 1.29 is 28.7 Å². The smallest absolute Gasteiger partial charge is 0.305 e. The maximum Gasteiger partial charge on any atom is 0.305 e. The average molecular weight is 290 g/mol. The number of nitro benzene ring substituents is 1. The maximum absolute atomic E-state index is 13.8.